The van der Waals surface area contributed by atoms with Gasteiger partial charge in [0.05, 0.1) is 22.7 Å². The monoisotopic (exact) mass is 316 g/mol. The molecule has 1 aromatic carbocycles. The molecule has 0 saturated carbocycles. The fraction of sp³-hybridized carbons (Fsp3) is 0.462. The molecule has 0 spiro atoms. The molecular weight excluding hydrogens is 300 g/mol. The van der Waals surface area contributed by atoms with Crippen LogP contribution < -0.4 is 9.47 Å². The number of ether oxygens (including phenoxy) is 2. The Hall–Kier alpha value is -1.23. The Kier molecular flexibility index (Phi) is 5.47. The highest BCUT2D eigenvalue weighted by Crippen LogP contribution is 2.37. The molecule has 1 rings (SSSR count). The van der Waals surface area contributed by atoms with E-state index in [1.54, 1.807) is 0 Å². The maximum Gasteiger partial charge on any atom is 0.335 e. The fourth-order valence-electron chi connectivity index (χ4n) is 1.35. The van der Waals surface area contributed by atoms with Crippen molar-refractivity contribution in [1.29, 1.82) is 0 Å². The van der Waals surface area contributed by atoms with Crippen LogP contribution in [0.5, 0.6) is 11.5 Å². The van der Waals surface area contributed by atoms with Crippen molar-refractivity contribution in [1.82, 2.24) is 0 Å². The van der Waals surface area contributed by atoms with Crippen LogP contribution in [0.2, 0.25) is 0 Å². The maximum absolute atomic E-state index is 11.0. The minimum Gasteiger partial charge on any atom is -0.490 e. The van der Waals surface area contributed by atoms with Crippen molar-refractivity contribution >= 4 is 21.9 Å². The first-order valence-electron chi connectivity index (χ1n) is 5.85. The van der Waals surface area contributed by atoms with Crippen molar-refractivity contribution in [2.45, 2.75) is 33.3 Å². The van der Waals surface area contributed by atoms with E-state index in [1.165, 1.54) is 12.1 Å². The smallest absolute Gasteiger partial charge is 0.335 e. The molecule has 1 unspecified atom stereocenters. The second-order valence-corrected chi connectivity index (χ2v) is 4.71. The Labute approximate surface area is 115 Å². The first kappa shape index (κ1) is 14.8. The molecule has 0 fully saturated rings. The molecule has 0 aliphatic carbocycles. The van der Waals surface area contributed by atoms with Crippen LogP contribution in [0.1, 0.15) is 37.6 Å². The third-order valence-corrected chi connectivity index (χ3v) is 3.04. The molecule has 0 amide bonds. The number of aromatic carboxylic acids is 1. The Bertz CT molecular complexity index is 431. The van der Waals surface area contributed by atoms with Crippen LogP contribution in [0, 0.1) is 0 Å². The SMILES string of the molecule is CCOc1cc(C(=O)O)cc(Br)c1OC(C)CC. The molecule has 18 heavy (non-hydrogen) atoms. The summed E-state index contributed by atoms with van der Waals surface area (Å²) < 4.78 is 11.8. The van der Waals surface area contributed by atoms with Crippen molar-refractivity contribution in [2.75, 3.05) is 6.61 Å². The fourth-order valence-corrected chi connectivity index (χ4v) is 1.89. The van der Waals surface area contributed by atoms with Crippen LogP contribution in [-0.2, 0) is 0 Å². The summed E-state index contributed by atoms with van der Waals surface area (Å²) in [5.74, 6) is 0.00696. The number of halogens is 1. The second-order valence-electron chi connectivity index (χ2n) is 3.86. The van der Waals surface area contributed by atoms with E-state index in [0.29, 0.717) is 22.6 Å². The first-order valence-corrected chi connectivity index (χ1v) is 6.65. The van der Waals surface area contributed by atoms with Gasteiger partial charge in [0.25, 0.3) is 0 Å². The Morgan fingerprint density at radius 2 is 2.11 bits per heavy atom. The first-order chi connectivity index (χ1) is 8.49. The Balaban J connectivity index is 3.17. The van der Waals surface area contributed by atoms with Gasteiger partial charge in [-0.1, -0.05) is 6.92 Å². The number of carboxylic acid groups (broad SMARTS) is 1. The van der Waals surface area contributed by atoms with Crippen molar-refractivity contribution < 1.29 is 19.4 Å². The van der Waals surface area contributed by atoms with Crippen LogP contribution in [0.4, 0.5) is 0 Å². The Morgan fingerprint density at radius 1 is 1.44 bits per heavy atom. The van der Waals surface area contributed by atoms with Crippen molar-refractivity contribution in [3.63, 3.8) is 0 Å². The van der Waals surface area contributed by atoms with Gasteiger partial charge in [0.1, 0.15) is 0 Å². The number of hydrogen-bond donors (Lipinski definition) is 1. The molecule has 1 atom stereocenters. The van der Waals surface area contributed by atoms with Gasteiger partial charge in [0.15, 0.2) is 11.5 Å². The van der Waals surface area contributed by atoms with Gasteiger partial charge in [0, 0.05) is 0 Å². The number of carboxylic acids is 1. The van der Waals surface area contributed by atoms with Gasteiger partial charge >= 0.3 is 5.97 Å². The minimum absolute atomic E-state index is 0.0381. The van der Waals surface area contributed by atoms with E-state index in [1.807, 2.05) is 20.8 Å². The molecule has 1 aromatic rings. The summed E-state index contributed by atoms with van der Waals surface area (Å²) in [6, 6.07) is 3.00. The zero-order valence-corrected chi connectivity index (χ0v) is 12.3. The second kappa shape index (κ2) is 6.64. The molecular formula is C13H17BrO4. The Morgan fingerprint density at radius 3 is 2.61 bits per heavy atom. The van der Waals surface area contributed by atoms with Crippen molar-refractivity contribution in [3.05, 3.63) is 22.2 Å². The van der Waals surface area contributed by atoms with Gasteiger partial charge in [-0.2, -0.15) is 0 Å². The number of benzene rings is 1. The maximum atomic E-state index is 11.0. The topological polar surface area (TPSA) is 55.8 Å². The van der Waals surface area contributed by atoms with Crippen molar-refractivity contribution in [2.24, 2.45) is 0 Å². The zero-order chi connectivity index (χ0) is 13.7. The largest absolute Gasteiger partial charge is 0.490 e. The normalized spacial score (nSPS) is 12.0. The summed E-state index contributed by atoms with van der Waals surface area (Å²) >= 11 is 3.33. The molecule has 0 heterocycles. The van der Waals surface area contributed by atoms with Crippen LogP contribution >= 0.6 is 15.9 Å². The lowest BCUT2D eigenvalue weighted by atomic mass is 10.2. The molecule has 0 aliphatic rings. The molecule has 4 nitrogen and oxygen atoms in total. The summed E-state index contributed by atoms with van der Waals surface area (Å²) in [6.45, 7) is 6.26. The number of carbonyl (C=O) groups is 1. The third kappa shape index (κ3) is 3.63. The van der Waals surface area contributed by atoms with Gasteiger partial charge in [0.2, 0.25) is 0 Å². The van der Waals surface area contributed by atoms with Crippen LogP contribution in [0.3, 0.4) is 0 Å². The van der Waals surface area contributed by atoms with Crippen LogP contribution in [0.25, 0.3) is 0 Å². The van der Waals surface area contributed by atoms with Gasteiger partial charge in [-0.15, -0.1) is 0 Å². The summed E-state index contributed by atoms with van der Waals surface area (Å²) in [4.78, 5) is 11.0. The highest BCUT2D eigenvalue weighted by atomic mass is 79.9. The van der Waals surface area contributed by atoms with Gasteiger partial charge in [-0.25, -0.2) is 4.79 Å². The molecule has 0 saturated heterocycles. The molecule has 0 aromatic heterocycles. The average molecular weight is 317 g/mol. The molecule has 0 bridgehead atoms. The minimum atomic E-state index is -0.994. The molecule has 100 valence electrons. The number of rotatable bonds is 6. The average Bonchev–Trinajstić information content (AvgIpc) is 2.32. The molecule has 0 aliphatic heterocycles. The molecule has 1 N–H and O–H groups in total. The predicted molar refractivity (Wildman–Crippen MR) is 72.7 cm³/mol. The highest BCUT2D eigenvalue weighted by molar-refractivity contribution is 9.10. The summed E-state index contributed by atoms with van der Waals surface area (Å²) in [6.07, 6.45) is 0.898. The van der Waals surface area contributed by atoms with Crippen molar-refractivity contribution in [3.8, 4) is 11.5 Å². The highest BCUT2D eigenvalue weighted by Gasteiger charge is 2.16. The van der Waals surface area contributed by atoms with Crippen LogP contribution in [0.15, 0.2) is 16.6 Å². The van der Waals surface area contributed by atoms with Gasteiger partial charge in [-0.3, -0.25) is 0 Å². The quantitative estimate of drug-likeness (QED) is 0.869. The number of hydrogen-bond acceptors (Lipinski definition) is 3. The van der Waals surface area contributed by atoms with Gasteiger partial charge < -0.3 is 14.6 Å². The lowest BCUT2D eigenvalue weighted by Gasteiger charge is -2.18. The third-order valence-electron chi connectivity index (χ3n) is 2.45. The van der Waals surface area contributed by atoms with Crippen LogP contribution in [-0.4, -0.2) is 23.8 Å². The van der Waals surface area contributed by atoms with E-state index < -0.39 is 5.97 Å². The molecule has 0 radical (unpaired) electrons. The summed E-state index contributed by atoms with van der Waals surface area (Å²) in [5, 5.41) is 9.00. The summed E-state index contributed by atoms with van der Waals surface area (Å²) in [5.41, 5.74) is 0.168. The van der Waals surface area contributed by atoms with E-state index in [4.69, 9.17) is 14.6 Å². The lowest BCUT2D eigenvalue weighted by molar-refractivity contribution is 0.0696. The van der Waals surface area contributed by atoms with Gasteiger partial charge in [-0.05, 0) is 48.3 Å². The zero-order valence-electron chi connectivity index (χ0n) is 10.7. The summed E-state index contributed by atoms with van der Waals surface area (Å²) in [7, 11) is 0. The standard InChI is InChI=1S/C13H17BrO4/c1-4-8(3)18-12-10(14)6-9(13(15)16)7-11(12)17-5-2/h6-8H,4-5H2,1-3H3,(H,15,16). The van der Waals surface area contributed by atoms with E-state index in [-0.39, 0.29) is 11.7 Å². The van der Waals surface area contributed by atoms with E-state index >= 15 is 0 Å². The van der Waals surface area contributed by atoms with E-state index in [0.717, 1.165) is 6.42 Å². The predicted octanol–water partition coefficient (Wildman–Crippen LogP) is 3.72. The molecule has 5 heteroatoms. The van der Waals surface area contributed by atoms with E-state index in [2.05, 4.69) is 15.9 Å². The van der Waals surface area contributed by atoms with E-state index in [9.17, 15) is 4.79 Å². The lowest BCUT2D eigenvalue weighted by Crippen LogP contribution is -2.12.